The number of alkyl halides is 1. The van der Waals surface area contributed by atoms with E-state index in [-0.39, 0.29) is 0 Å². The van der Waals surface area contributed by atoms with Crippen LogP contribution < -0.4 is 0 Å². The van der Waals surface area contributed by atoms with Crippen LogP contribution in [0.3, 0.4) is 0 Å². The van der Waals surface area contributed by atoms with Gasteiger partial charge in [-0.1, -0.05) is 0 Å². The van der Waals surface area contributed by atoms with Gasteiger partial charge < -0.3 is 0 Å². The Labute approximate surface area is 163 Å². The van der Waals surface area contributed by atoms with Crippen molar-refractivity contribution in [3.63, 3.8) is 0 Å². The van der Waals surface area contributed by atoms with Crippen molar-refractivity contribution in [2.75, 3.05) is 17.5 Å². The zero-order chi connectivity index (χ0) is 17.7. The Bertz CT molecular complexity index is 459. The van der Waals surface area contributed by atoms with E-state index in [0.29, 0.717) is 10.7 Å². The summed E-state index contributed by atoms with van der Waals surface area (Å²) >= 11 is 3.50. The third kappa shape index (κ3) is 6.35. The van der Waals surface area contributed by atoms with Gasteiger partial charge in [0.05, 0.1) is 0 Å². The van der Waals surface area contributed by atoms with Crippen molar-refractivity contribution in [1.82, 2.24) is 3.11 Å². The summed E-state index contributed by atoms with van der Waals surface area (Å²) in [5.74, 6) is 1.67. The molecule has 1 saturated heterocycles. The van der Waals surface area contributed by atoms with Crippen molar-refractivity contribution in [3.05, 3.63) is 21.8 Å². The fourth-order valence-electron chi connectivity index (χ4n) is 3.73. The van der Waals surface area contributed by atoms with Gasteiger partial charge in [0.15, 0.2) is 0 Å². The van der Waals surface area contributed by atoms with Crippen LogP contribution in [0.1, 0.15) is 66.7 Å². The van der Waals surface area contributed by atoms with Crippen molar-refractivity contribution >= 4 is 32.7 Å². The number of allylic oxidation sites excluding steroid dienone is 3. The molecule has 0 saturated carbocycles. The van der Waals surface area contributed by atoms with Crippen LogP contribution in [0.15, 0.2) is 21.8 Å². The quantitative estimate of drug-likeness (QED) is 0.123. The van der Waals surface area contributed by atoms with E-state index < -0.39 is 20.1 Å². The Morgan fingerprint density at radius 1 is 1.46 bits per heavy atom. The normalized spacial score (nSPS) is 31.5. The van der Waals surface area contributed by atoms with Crippen LogP contribution in [0.2, 0.25) is 0 Å². The number of hydrogen-bond donors (Lipinski definition) is 1. The van der Waals surface area contributed by atoms with Gasteiger partial charge in [-0.3, -0.25) is 0 Å². The van der Waals surface area contributed by atoms with Gasteiger partial charge in [0.1, 0.15) is 0 Å². The summed E-state index contributed by atoms with van der Waals surface area (Å²) in [6.07, 6.45) is 11.4. The number of rotatable bonds is 10. The fourth-order valence-corrected chi connectivity index (χ4v) is 10.7. The maximum atomic E-state index is 4.58. The monoisotopic (exact) mass is 463 g/mol. The van der Waals surface area contributed by atoms with Gasteiger partial charge in [-0.05, 0) is 0 Å². The van der Waals surface area contributed by atoms with Gasteiger partial charge in [-0.25, -0.2) is 0 Å². The molecule has 0 spiro atoms. The van der Waals surface area contributed by atoms with E-state index in [0.717, 1.165) is 11.8 Å². The molecular weight excluding hydrogens is 425 g/mol. The summed E-state index contributed by atoms with van der Waals surface area (Å²) in [5.41, 5.74) is 2.28. The summed E-state index contributed by atoms with van der Waals surface area (Å²) in [6, 6.07) is 0. The second-order valence-corrected chi connectivity index (χ2v) is 14.2. The summed E-state index contributed by atoms with van der Waals surface area (Å²) < 4.78 is 7.02. The number of halogens is 1. The topological polar surface area (TPSA) is 3.24 Å². The van der Waals surface area contributed by atoms with Gasteiger partial charge >= 0.3 is 164 Å². The summed E-state index contributed by atoms with van der Waals surface area (Å²) in [6.45, 7) is 14.4. The molecular formula is C21H38INS. The van der Waals surface area contributed by atoms with Crippen LogP contribution in [-0.2, 0) is 0 Å². The molecule has 0 amide bonds. The van der Waals surface area contributed by atoms with Crippen molar-refractivity contribution in [2.24, 2.45) is 17.3 Å². The van der Waals surface area contributed by atoms with E-state index in [9.17, 15) is 0 Å². The minimum absolute atomic E-state index is 0.543. The molecule has 140 valence electrons. The van der Waals surface area contributed by atoms with E-state index in [1.165, 1.54) is 49.6 Å². The third-order valence-corrected chi connectivity index (χ3v) is 12.5. The van der Waals surface area contributed by atoms with E-state index in [1.807, 2.05) is 0 Å². The Morgan fingerprint density at radius 2 is 2.17 bits per heavy atom. The first kappa shape index (κ1) is 20.8. The minimum atomic E-state index is -1.08. The molecule has 0 aromatic rings. The van der Waals surface area contributed by atoms with E-state index in [1.54, 1.807) is 5.57 Å². The van der Waals surface area contributed by atoms with Crippen molar-refractivity contribution in [3.8, 4) is 0 Å². The van der Waals surface area contributed by atoms with Crippen LogP contribution in [0.5, 0.6) is 0 Å². The number of thiol groups is 1. The molecule has 0 N–H and O–H groups in total. The molecule has 3 heteroatoms. The van der Waals surface area contributed by atoms with Crippen LogP contribution in [0.25, 0.3) is 0 Å². The van der Waals surface area contributed by atoms with Crippen LogP contribution >= 0.6 is 32.7 Å². The van der Waals surface area contributed by atoms with Crippen LogP contribution in [0.4, 0.5) is 0 Å². The van der Waals surface area contributed by atoms with Gasteiger partial charge in [0.2, 0.25) is 0 Å². The summed E-state index contributed by atoms with van der Waals surface area (Å²) in [7, 11) is 0. The molecule has 1 aliphatic carbocycles. The average molecular weight is 464 g/mol. The molecule has 4 atom stereocenters. The first-order valence-electron chi connectivity index (χ1n) is 9.78. The molecule has 24 heavy (non-hydrogen) atoms. The number of hydrogen-bond acceptors (Lipinski definition) is 2. The Balaban J connectivity index is 1.91. The first-order valence-corrected chi connectivity index (χ1v) is 14.0. The summed E-state index contributed by atoms with van der Waals surface area (Å²) in [4.78, 5) is 0. The molecule has 0 bridgehead atoms. The molecule has 0 aromatic carbocycles. The van der Waals surface area contributed by atoms with E-state index in [2.05, 4.69) is 66.6 Å². The first-order chi connectivity index (χ1) is 11.4. The second kappa shape index (κ2) is 9.45. The van der Waals surface area contributed by atoms with Gasteiger partial charge in [0, 0.05) is 0 Å². The SMILES string of the molecule is C/C=C\I1C[C@@](C)(CCC2=C[C@@H]2C)CN1C[C@H](CC)CC[C@H](C)S. The summed E-state index contributed by atoms with van der Waals surface area (Å²) in [5, 5.41) is 0.543. The molecule has 2 rings (SSSR count). The van der Waals surface area contributed by atoms with Gasteiger partial charge in [-0.15, -0.1) is 0 Å². The number of nitrogens with zero attached hydrogens (tertiary/aromatic N) is 1. The zero-order valence-corrected chi connectivity index (χ0v) is 19.4. The molecule has 1 aliphatic heterocycles. The molecule has 2 aliphatic rings. The second-order valence-electron chi connectivity index (χ2n) is 8.31. The Morgan fingerprint density at radius 3 is 2.71 bits per heavy atom. The van der Waals surface area contributed by atoms with Crippen LogP contribution in [-0.4, -0.2) is 25.9 Å². The standard InChI is InChI=1S/C21H38INS/c1-6-12-22-15-21(5,11-10-20-13-17(20)3)16-23(22)14-19(7-2)9-8-18(4)24/h6,12-13,17-19,24H,7-11,14-16H2,1-5H3/b12-6-/t17-,18-,19+,21+/m0/s1. The van der Waals surface area contributed by atoms with Crippen molar-refractivity contribution in [1.29, 1.82) is 0 Å². The average Bonchev–Trinajstić information content (AvgIpc) is 3.14. The molecule has 0 aromatic heterocycles. The predicted molar refractivity (Wildman–Crippen MR) is 121 cm³/mol. The third-order valence-electron chi connectivity index (χ3n) is 5.57. The molecule has 0 radical (unpaired) electrons. The fraction of sp³-hybridized carbons (Fsp3) is 0.810. The Hall–Kier alpha value is 0.520. The zero-order valence-electron chi connectivity index (χ0n) is 16.4. The van der Waals surface area contributed by atoms with Gasteiger partial charge in [0.25, 0.3) is 0 Å². The van der Waals surface area contributed by atoms with Crippen molar-refractivity contribution in [2.45, 2.75) is 72.0 Å². The molecule has 0 unspecified atom stereocenters. The molecule has 1 nitrogen and oxygen atoms in total. The molecule has 1 fully saturated rings. The van der Waals surface area contributed by atoms with E-state index >= 15 is 0 Å². The maximum absolute atomic E-state index is 4.58. The van der Waals surface area contributed by atoms with Crippen molar-refractivity contribution < 1.29 is 0 Å². The Kier molecular flexibility index (Phi) is 8.20. The van der Waals surface area contributed by atoms with Crippen LogP contribution in [0, 0.1) is 17.3 Å². The van der Waals surface area contributed by atoms with Gasteiger partial charge in [-0.2, -0.15) is 0 Å². The predicted octanol–water partition coefficient (Wildman–Crippen LogP) is 6.74. The molecule has 1 heterocycles. The van der Waals surface area contributed by atoms with E-state index in [4.69, 9.17) is 0 Å².